The van der Waals surface area contributed by atoms with E-state index in [-0.39, 0.29) is 0 Å². The van der Waals surface area contributed by atoms with E-state index in [1.54, 1.807) is 11.3 Å². The molecular weight excluding hydrogens is 787 g/mol. The summed E-state index contributed by atoms with van der Waals surface area (Å²) in [5, 5.41) is 7.00. The van der Waals surface area contributed by atoms with Gasteiger partial charge in [-0.05, 0) is 53.1 Å². The normalized spacial score (nSPS) is 11.8. The van der Waals surface area contributed by atoms with Gasteiger partial charge in [0.25, 0.3) is 0 Å². The molecule has 0 saturated heterocycles. The molecule has 0 aliphatic rings. The lowest BCUT2D eigenvalue weighted by atomic mass is 9.97. The second-order valence-corrected chi connectivity index (χ2v) is 17.0. The quantitative estimate of drug-likeness (QED) is 0.168. The van der Waals surface area contributed by atoms with E-state index >= 15 is 0 Å². The predicted molar refractivity (Wildman–Crippen MR) is 263 cm³/mol. The zero-order valence-electron chi connectivity index (χ0n) is 33.9. The van der Waals surface area contributed by atoms with Gasteiger partial charge in [0.1, 0.15) is 0 Å². The molecule has 0 aliphatic heterocycles. The van der Waals surface area contributed by atoms with Crippen LogP contribution >= 0.6 is 11.3 Å². The van der Waals surface area contributed by atoms with Gasteiger partial charge in [-0.2, -0.15) is 9.97 Å². The van der Waals surface area contributed by atoms with Crippen LogP contribution in [-0.4, -0.2) is 24.1 Å². The van der Waals surface area contributed by atoms with E-state index in [2.05, 4.69) is 203 Å². The van der Waals surface area contributed by atoms with Crippen molar-refractivity contribution in [2.75, 3.05) is 0 Å². The van der Waals surface area contributed by atoms with E-state index in [1.807, 2.05) is 18.2 Å². The lowest BCUT2D eigenvalue weighted by Crippen LogP contribution is -2.06. The highest BCUT2D eigenvalue weighted by Crippen LogP contribution is 2.45. The lowest BCUT2D eigenvalue weighted by Gasteiger charge is -2.17. The highest BCUT2D eigenvalue weighted by Gasteiger charge is 2.25. The number of thiophene rings is 1. The Morgan fingerprint density at radius 3 is 1.73 bits per heavy atom. The van der Waals surface area contributed by atoms with Gasteiger partial charge >= 0.3 is 0 Å². The third-order valence-corrected chi connectivity index (χ3v) is 13.5. The predicted octanol–water partition coefficient (Wildman–Crippen LogP) is 15.1. The van der Waals surface area contributed by atoms with Crippen LogP contribution in [-0.2, 0) is 0 Å². The minimum Gasteiger partial charge on any atom is -0.308 e. The number of para-hydroxylation sites is 2. The van der Waals surface area contributed by atoms with Crippen molar-refractivity contribution in [2.45, 2.75) is 0 Å². The summed E-state index contributed by atoms with van der Waals surface area (Å²) < 4.78 is 7.18. The molecule has 0 bridgehead atoms. The zero-order valence-corrected chi connectivity index (χ0v) is 34.7. The van der Waals surface area contributed by atoms with Crippen molar-refractivity contribution in [1.29, 1.82) is 0 Å². The van der Waals surface area contributed by atoms with Gasteiger partial charge in [0.2, 0.25) is 5.95 Å². The number of benzene rings is 9. The third-order valence-electron chi connectivity index (χ3n) is 12.4. The molecule has 13 rings (SSSR count). The molecule has 4 heterocycles. The first-order chi connectivity index (χ1) is 31.3. The summed E-state index contributed by atoms with van der Waals surface area (Å²) in [5.41, 5.74) is 12.0. The molecule has 13 aromatic rings. The van der Waals surface area contributed by atoms with Crippen molar-refractivity contribution < 1.29 is 0 Å². The molecule has 0 spiro atoms. The first-order valence-corrected chi connectivity index (χ1v) is 22.0. The van der Waals surface area contributed by atoms with Crippen LogP contribution in [0.4, 0.5) is 0 Å². The summed E-state index contributed by atoms with van der Waals surface area (Å²) in [6, 6.07) is 75.6. The molecule has 4 aromatic heterocycles. The minimum absolute atomic E-state index is 0.569. The van der Waals surface area contributed by atoms with Gasteiger partial charge < -0.3 is 4.57 Å². The smallest absolute Gasteiger partial charge is 0.238 e. The molecule has 294 valence electrons. The van der Waals surface area contributed by atoms with Crippen molar-refractivity contribution in [3.8, 4) is 56.7 Å². The topological polar surface area (TPSA) is 48.5 Å². The number of aromatic nitrogens is 5. The maximum Gasteiger partial charge on any atom is 0.238 e. The number of nitrogens with zero attached hydrogens (tertiary/aromatic N) is 5. The summed E-state index contributed by atoms with van der Waals surface area (Å²) >= 11 is 1.80. The largest absolute Gasteiger partial charge is 0.308 e. The molecule has 0 N–H and O–H groups in total. The average Bonchev–Trinajstić information content (AvgIpc) is 4.02. The molecule has 0 unspecified atom stereocenters. The Hall–Kier alpha value is -8.19. The zero-order chi connectivity index (χ0) is 41.4. The maximum absolute atomic E-state index is 5.45. The Balaban J connectivity index is 1.15. The fraction of sp³-hybridized carbons (Fsp3) is 0. The third kappa shape index (κ3) is 5.59. The van der Waals surface area contributed by atoms with Gasteiger partial charge in [-0.25, -0.2) is 4.98 Å². The summed E-state index contributed by atoms with van der Waals surface area (Å²) in [5.74, 6) is 1.83. The maximum atomic E-state index is 5.45. The first kappa shape index (κ1) is 35.6. The Morgan fingerprint density at radius 1 is 0.333 bits per heavy atom. The molecular formula is C57H35N5S. The first-order valence-electron chi connectivity index (χ1n) is 21.2. The van der Waals surface area contributed by atoms with E-state index in [9.17, 15) is 0 Å². The van der Waals surface area contributed by atoms with Crippen LogP contribution in [0.1, 0.15) is 0 Å². The lowest BCUT2D eigenvalue weighted by molar-refractivity contribution is 0.954. The summed E-state index contributed by atoms with van der Waals surface area (Å²) in [4.78, 5) is 16.0. The van der Waals surface area contributed by atoms with E-state index < -0.39 is 0 Å². The van der Waals surface area contributed by atoms with Crippen molar-refractivity contribution >= 4 is 75.1 Å². The molecule has 0 atom stereocenters. The Kier molecular flexibility index (Phi) is 8.01. The second kappa shape index (κ2) is 14.2. The number of hydrogen-bond donors (Lipinski definition) is 0. The van der Waals surface area contributed by atoms with Crippen LogP contribution in [0.2, 0.25) is 0 Å². The molecule has 0 aliphatic carbocycles. The monoisotopic (exact) mass is 821 g/mol. The fourth-order valence-corrected chi connectivity index (χ4v) is 10.8. The average molecular weight is 822 g/mol. The van der Waals surface area contributed by atoms with Crippen LogP contribution in [0.3, 0.4) is 0 Å². The van der Waals surface area contributed by atoms with Gasteiger partial charge in [0, 0.05) is 58.4 Å². The summed E-state index contributed by atoms with van der Waals surface area (Å²) in [7, 11) is 0. The van der Waals surface area contributed by atoms with Gasteiger partial charge in [0.15, 0.2) is 11.6 Å². The summed E-state index contributed by atoms with van der Waals surface area (Å²) in [6.07, 6.45) is 0. The van der Waals surface area contributed by atoms with Crippen molar-refractivity contribution in [3.63, 3.8) is 0 Å². The standard InChI is InChI=1S/C57H35N5S/c1-4-17-36(18-5-1)39-31-32-40(37-19-6-2-7-20-37)49(35-39)61-46-27-13-10-23-41(46)42-33-34-48-53(54(42)61)43-24-11-14-28-47(43)62(48)57-59-55(38-21-8-3-9-22-38)58-56(60-57)45-26-16-30-51-52(45)44-25-12-15-29-50(44)63-51/h1-35H. The van der Waals surface area contributed by atoms with Crippen LogP contribution in [0.15, 0.2) is 212 Å². The van der Waals surface area contributed by atoms with Crippen LogP contribution < -0.4 is 0 Å². The fourth-order valence-electron chi connectivity index (χ4n) is 9.63. The highest BCUT2D eigenvalue weighted by molar-refractivity contribution is 7.25. The van der Waals surface area contributed by atoms with Crippen molar-refractivity contribution in [1.82, 2.24) is 24.1 Å². The Bertz CT molecular complexity index is 3900. The van der Waals surface area contributed by atoms with E-state index in [4.69, 9.17) is 15.0 Å². The van der Waals surface area contributed by atoms with Crippen LogP contribution in [0, 0.1) is 0 Å². The Labute approximate surface area is 366 Å². The highest BCUT2D eigenvalue weighted by atomic mass is 32.1. The molecule has 0 fully saturated rings. The van der Waals surface area contributed by atoms with Crippen molar-refractivity contribution in [2.24, 2.45) is 0 Å². The minimum atomic E-state index is 0.569. The molecule has 0 saturated carbocycles. The number of fused-ring (bicyclic) bond motifs is 10. The molecule has 9 aromatic carbocycles. The number of rotatable bonds is 6. The molecule has 0 radical (unpaired) electrons. The van der Waals surface area contributed by atoms with Crippen LogP contribution in [0.25, 0.3) is 120 Å². The van der Waals surface area contributed by atoms with Gasteiger partial charge in [-0.1, -0.05) is 176 Å². The van der Waals surface area contributed by atoms with Crippen molar-refractivity contribution in [3.05, 3.63) is 212 Å². The Morgan fingerprint density at radius 2 is 0.952 bits per heavy atom. The molecule has 0 amide bonds. The molecule has 6 heteroatoms. The van der Waals surface area contributed by atoms with E-state index in [1.165, 1.54) is 31.1 Å². The van der Waals surface area contributed by atoms with Crippen LogP contribution in [0.5, 0.6) is 0 Å². The summed E-state index contributed by atoms with van der Waals surface area (Å²) in [6.45, 7) is 0. The van der Waals surface area contributed by atoms with E-state index in [0.29, 0.717) is 17.6 Å². The second-order valence-electron chi connectivity index (χ2n) is 16.0. The van der Waals surface area contributed by atoms with E-state index in [0.717, 1.165) is 71.7 Å². The number of hydrogen-bond acceptors (Lipinski definition) is 4. The molecule has 63 heavy (non-hydrogen) atoms. The molecule has 5 nitrogen and oxygen atoms in total. The van der Waals surface area contributed by atoms with Gasteiger partial charge in [-0.15, -0.1) is 11.3 Å². The van der Waals surface area contributed by atoms with Gasteiger partial charge in [-0.3, -0.25) is 4.57 Å². The SMILES string of the molecule is c1ccc(-c2ccc(-c3ccccc3)c(-n3c4ccccc4c4ccc5c(c6ccccc6n5-c5nc(-c6ccccc6)nc(-c6cccc7sc8ccccc8c67)n5)c43)c2)cc1. The van der Waals surface area contributed by atoms with Gasteiger partial charge in [0.05, 0.1) is 27.8 Å².